The van der Waals surface area contributed by atoms with Gasteiger partial charge in [0.05, 0.1) is 5.56 Å². The van der Waals surface area contributed by atoms with Crippen LogP contribution in [0.4, 0.5) is 13.2 Å². The van der Waals surface area contributed by atoms with Crippen molar-refractivity contribution in [3.8, 4) is 11.1 Å². The Balaban J connectivity index is 2.52. The first-order valence-corrected chi connectivity index (χ1v) is 6.26. The number of pyridine rings is 1. The molecule has 1 aromatic heterocycles. The Morgan fingerprint density at radius 1 is 1.20 bits per heavy atom. The summed E-state index contributed by atoms with van der Waals surface area (Å²) in [5.74, 6) is 0. The van der Waals surface area contributed by atoms with Gasteiger partial charge in [-0.25, -0.2) is 0 Å². The Morgan fingerprint density at radius 3 is 2.55 bits per heavy atom. The maximum atomic E-state index is 13.0. The van der Waals surface area contributed by atoms with Crippen LogP contribution in [0.3, 0.4) is 0 Å². The van der Waals surface area contributed by atoms with Crippen LogP contribution >= 0.6 is 11.6 Å². The number of alkyl halides is 3. The van der Waals surface area contributed by atoms with E-state index in [4.69, 9.17) is 11.6 Å². The van der Waals surface area contributed by atoms with Crippen molar-refractivity contribution in [2.45, 2.75) is 12.7 Å². The molecule has 0 unspecified atom stereocenters. The third-order valence-electron chi connectivity index (χ3n) is 2.83. The van der Waals surface area contributed by atoms with Crippen molar-refractivity contribution in [1.29, 1.82) is 0 Å². The molecule has 0 amide bonds. The number of halogens is 4. The fourth-order valence-corrected chi connectivity index (χ4v) is 2.25. The maximum Gasteiger partial charge on any atom is 0.417 e. The van der Waals surface area contributed by atoms with Crippen molar-refractivity contribution in [1.82, 2.24) is 10.3 Å². The SMILES string of the molecule is CNCc1ccc(-c2cnccc2C(F)(F)F)c(Cl)c1. The van der Waals surface area contributed by atoms with Gasteiger partial charge in [0.25, 0.3) is 0 Å². The van der Waals surface area contributed by atoms with Crippen molar-refractivity contribution in [2.75, 3.05) is 7.05 Å². The summed E-state index contributed by atoms with van der Waals surface area (Å²) in [5.41, 5.74) is 0.474. The van der Waals surface area contributed by atoms with E-state index in [2.05, 4.69) is 10.3 Å². The molecule has 6 heteroatoms. The predicted molar refractivity (Wildman–Crippen MR) is 72.4 cm³/mol. The number of hydrogen-bond donors (Lipinski definition) is 1. The summed E-state index contributed by atoms with van der Waals surface area (Å²) in [7, 11) is 1.78. The smallest absolute Gasteiger partial charge is 0.316 e. The largest absolute Gasteiger partial charge is 0.417 e. The molecule has 0 aliphatic rings. The second kappa shape index (κ2) is 5.81. The molecular weight excluding hydrogens is 289 g/mol. The van der Waals surface area contributed by atoms with Crippen molar-refractivity contribution >= 4 is 11.6 Å². The number of rotatable bonds is 3. The van der Waals surface area contributed by atoms with E-state index in [0.29, 0.717) is 12.1 Å². The molecule has 0 saturated heterocycles. The van der Waals surface area contributed by atoms with Crippen molar-refractivity contribution in [3.63, 3.8) is 0 Å². The molecule has 0 bridgehead atoms. The van der Waals surface area contributed by atoms with Gasteiger partial charge in [0, 0.05) is 35.1 Å². The number of aromatic nitrogens is 1. The van der Waals surface area contributed by atoms with Crippen LogP contribution in [0.5, 0.6) is 0 Å². The molecule has 0 aliphatic carbocycles. The summed E-state index contributed by atoms with van der Waals surface area (Å²) in [4.78, 5) is 3.76. The second-order valence-electron chi connectivity index (χ2n) is 4.26. The molecular formula is C14H12ClF3N2. The lowest BCUT2D eigenvalue weighted by molar-refractivity contribution is -0.137. The maximum absolute atomic E-state index is 13.0. The first-order valence-electron chi connectivity index (χ1n) is 5.88. The van der Waals surface area contributed by atoms with E-state index in [0.717, 1.165) is 17.8 Å². The topological polar surface area (TPSA) is 24.9 Å². The van der Waals surface area contributed by atoms with Crippen LogP contribution in [-0.2, 0) is 12.7 Å². The Morgan fingerprint density at radius 2 is 1.95 bits per heavy atom. The number of benzene rings is 1. The van der Waals surface area contributed by atoms with Crippen molar-refractivity contribution in [2.24, 2.45) is 0 Å². The van der Waals surface area contributed by atoms with E-state index in [9.17, 15) is 13.2 Å². The fourth-order valence-electron chi connectivity index (χ4n) is 1.95. The molecule has 1 aromatic carbocycles. The zero-order valence-corrected chi connectivity index (χ0v) is 11.4. The van der Waals surface area contributed by atoms with Crippen LogP contribution in [0.1, 0.15) is 11.1 Å². The molecule has 0 fully saturated rings. The Labute approximate surface area is 119 Å². The highest BCUT2D eigenvalue weighted by molar-refractivity contribution is 6.33. The molecule has 0 saturated carbocycles. The highest BCUT2D eigenvalue weighted by atomic mass is 35.5. The predicted octanol–water partition coefficient (Wildman–Crippen LogP) is 4.14. The lowest BCUT2D eigenvalue weighted by Gasteiger charge is -2.14. The van der Waals surface area contributed by atoms with Crippen LogP contribution in [-0.4, -0.2) is 12.0 Å². The Hall–Kier alpha value is -1.59. The minimum Gasteiger partial charge on any atom is -0.316 e. The average molecular weight is 301 g/mol. The Bertz CT molecular complexity index is 612. The van der Waals surface area contributed by atoms with Crippen molar-refractivity contribution in [3.05, 3.63) is 52.8 Å². The minimum atomic E-state index is -4.44. The van der Waals surface area contributed by atoms with Crippen LogP contribution in [0.25, 0.3) is 11.1 Å². The molecule has 1 N–H and O–H groups in total. The zero-order valence-electron chi connectivity index (χ0n) is 10.6. The summed E-state index contributed by atoms with van der Waals surface area (Å²) in [5, 5.41) is 3.23. The Kier molecular flexibility index (Phi) is 4.30. The van der Waals surface area contributed by atoms with Gasteiger partial charge in [-0.3, -0.25) is 4.98 Å². The van der Waals surface area contributed by atoms with Gasteiger partial charge in [-0.15, -0.1) is 0 Å². The molecule has 1 heterocycles. The van der Waals surface area contributed by atoms with Crippen molar-refractivity contribution < 1.29 is 13.2 Å². The summed E-state index contributed by atoms with van der Waals surface area (Å²) < 4.78 is 39.0. The number of nitrogens with zero attached hydrogens (tertiary/aromatic N) is 1. The number of nitrogens with one attached hydrogen (secondary N) is 1. The third kappa shape index (κ3) is 3.11. The monoisotopic (exact) mass is 300 g/mol. The molecule has 2 aromatic rings. The highest BCUT2D eigenvalue weighted by Crippen LogP contribution is 2.39. The van der Waals surface area contributed by atoms with E-state index < -0.39 is 11.7 Å². The molecule has 106 valence electrons. The number of hydrogen-bond acceptors (Lipinski definition) is 2. The summed E-state index contributed by atoms with van der Waals surface area (Å²) >= 11 is 6.10. The standard InChI is InChI=1S/C14H12ClF3N2/c1-19-7-9-2-3-10(13(15)6-9)11-8-20-5-4-12(11)14(16,17)18/h2-6,8,19H,7H2,1H3. The summed E-state index contributed by atoms with van der Waals surface area (Å²) in [6, 6.07) is 5.93. The van der Waals surface area contributed by atoms with Gasteiger partial charge >= 0.3 is 6.18 Å². The quantitative estimate of drug-likeness (QED) is 0.921. The highest BCUT2D eigenvalue weighted by Gasteiger charge is 2.34. The fraction of sp³-hybridized carbons (Fsp3) is 0.214. The minimum absolute atomic E-state index is 0.0130. The van der Waals surface area contributed by atoms with Gasteiger partial charge in [0.15, 0.2) is 0 Å². The van der Waals surface area contributed by atoms with Gasteiger partial charge in [-0.05, 0) is 24.7 Å². The average Bonchev–Trinajstić information content (AvgIpc) is 2.38. The normalized spacial score (nSPS) is 11.7. The van der Waals surface area contributed by atoms with E-state index in [1.54, 1.807) is 25.2 Å². The van der Waals surface area contributed by atoms with Crippen LogP contribution in [0.2, 0.25) is 5.02 Å². The molecule has 20 heavy (non-hydrogen) atoms. The first kappa shape index (κ1) is 14.8. The molecule has 2 rings (SSSR count). The first-order chi connectivity index (χ1) is 9.43. The van der Waals surface area contributed by atoms with Gasteiger partial charge in [-0.2, -0.15) is 13.2 Å². The van der Waals surface area contributed by atoms with Gasteiger partial charge < -0.3 is 5.32 Å². The van der Waals surface area contributed by atoms with E-state index in [1.165, 1.54) is 6.20 Å². The third-order valence-corrected chi connectivity index (χ3v) is 3.14. The zero-order chi connectivity index (χ0) is 14.8. The molecule has 0 radical (unpaired) electrons. The van der Waals surface area contributed by atoms with Crippen LogP contribution in [0, 0.1) is 0 Å². The summed E-state index contributed by atoms with van der Waals surface area (Å²) in [6.45, 7) is 0.596. The lowest BCUT2D eigenvalue weighted by atomic mass is 10.0. The second-order valence-corrected chi connectivity index (χ2v) is 4.67. The van der Waals surface area contributed by atoms with Crippen LogP contribution in [0.15, 0.2) is 36.7 Å². The van der Waals surface area contributed by atoms with Gasteiger partial charge in [0.2, 0.25) is 0 Å². The molecule has 0 aliphatic heterocycles. The van der Waals surface area contributed by atoms with Gasteiger partial charge in [-0.1, -0.05) is 23.7 Å². The molecule has 0 spiro atoms. The summed E-state index contributed by atoms with van der Waals surface area (Å²) in [6.07, 6.45) is -2.14. The van der Waals surface area contributed by atoms with E-state index in [-0.39, 0.29) is 10.6 Å². The van der Waals surface area contributed by atoms with Crippen LogP contribution < -0.4 is 5.32 Å². The molecule has 2 nitrogen and oxygen atoms in total. The van der Waals surface area contributed by atoms with E-state index >= 15 is 0 Å². The van der Waals surface area contributed by atoms with E-state index in [1.807, 2.05) is 0 Å². The molecule has 0 atom stereocenters. The van der Waals surface area contributed by atoms with Gasteiger partial charge in [0.1, 0.15) is 0 Å². The lowest BCUT2D eigenvalue weighted by Crippen LogP contribution is -2.08.